The van der Waals surface area contributed by atoms with Crippen LogP contribution in [0, 0.1) is 0 Å². The van der Waals surface area contributed by atoms with Crippen molar-refractivity contribution in [2.24, 2.45) is 14.1 Å². The zero-order valence-corrected chi connectivity index (χ0v) is 24.8. The number of benzene rings is 2. The van der Waals surface area contributed by atoms with Gasteiger partial charge in [0.2, 0.25) is 0 Å². The van der Waals surface area contributed by atoms with Crippen LogP contribution >= 0.6 is 0 Å². The van der Waals surface area contributed by atoms with Crippen LogP contribution in [-0.2, 0) is 18.8 Å². The molecule has 0 atom stereocenters. The van der Waals surface area contributed by atoms with E-state index in [1.807, 2.05) is 25.7 Å². The van der Waals surface area contributed by atoms with Crippen LogP contribution in [0.1, 0.15) is 88.7 Å². The Bertz CT molecular complexity index is 1530. The van der Waals surface area contributed by atoms with Crippen molar-refractivity contribution in [2.45, 2.75) is 83.2 Å². The number of carbonyl (C=O) groups excluding carboxylic acids is 1. The van der Waals surface area contributed by atoms with E-state index in [0.717, 1.165) is 37.3 Å². The number of carbonyl (C=O) groups is 1. The third kappa shape index (κ3) is 5.33. The van der Waals surface area contributed by atoms with Crippen LogP contribution in [0.2, 0.25) is 0 Å². The Morgan fingerprint density at radius 1 is 0.775 bits per heavy atom. The van der Waals surface area contributed by atoms with Crippen LogP contribution in [0.5, 0.6) is 0 Å². The summed E-state index contributed by atoms with van der Waals surface area (Å²) in [5, 5.41) is 6.39. The normalized spacial score (nSPS) is 17.6. The lowest BCUT2D eigenvalue weighted by molar-refractivity contribution is 0.0205. The molecule has 2 fully saturated rings. The number of aromatic nitrogens is 2. The van der Waals surface area contributed by atoms with E-state index >= 15 is 0 Å². The molecule has 6 nitrogen and oxygen atoms in total. The van der Waals surface area contributed by atoms with E-state index in [9.17, 15) is 4.79 Å². The zero-order chi connectivity index (χ0) is 28.0. The number of piperidine rings is 1. The maximum atomic E-state index is 12.6. The zero-order valence-electron chi connectivity index (χ0n) is 24.8. The molecule has 0 spiro atoms. The highest BCUT2D eigenvalue weighted by molar-refractivity contribution is 5.91. The summed E-state index contributed by atoms with van der Waals surface area (Å²) in [4.78, 5) is 14.4. The third-order valence-electron chi connectivity index (χ3n) is 8.96. The minimum absolute atomic E-state index is 0.198. The van der Waals surface area contributed by atoms with Crippen molar-refractivity contribution in [2.75, 3.05) is 18.4 Å². The molecule has 0 radical (unpaired) electrons. The number of nitrogens with zero attached hydrogens (tertiary/aromatic N) is 3. The lowest BCUT2D eigenvalue weighted by Crippen LogP contribution is -2.41. The first kappa shape index (κ1) is 26.8. The van der Waals surface area contributed by atoms with Crippen LogP contribution in [0.15, 0.2) is 48.8 Å². The molecule has 2 aromatic heterocycles. The molecule has 4 aromatic rings. The lowest BCUT2D eigenvalue weighted by atomic mass is 9.84. The molecular formula is C34H44N4O2. The van der Waals surface area contributed by atoms with Gasteiger partial charge in [-0.1, -0.05) is 25.3 Å². The van der Waals surface area contributed by atoms with Crippen molar-refractivity contribution in [1.82, 2.24) is 14.0 Å². The summed E-state index contributed by atoms with van der Waals surface area (Å²) in [7, 11) is 4.30. The second kappa shape index (κ2) is 10.5. The molecule has 2 aromatic carbocycles. The van der Waals surface area contributed by atoms with E-state index < -0.39 is 5.60 Å². The lowest BCUT2D eigenvalue weighted by Gasteiger charge is -2.33. The Morgan fingerprint density at radius 2 is 1.38 bits per heavy atom. The summed E-state index contributed by atoms with van der Waals surface area (Å²) in [5.41, 5.74) is 7.19. The molecular weight excluding hydrogens is 496 g/mol. The highest BCUT2D eigenvalue weighted by Gasteiger charge is 2.29. The topological polar surface area (TPSA) is 51.4 Å². The number of fused-ring (bicyclic) bond motifs is 2. The Hall–Kier alpha value is -3.41. The van der Waals surface area contributed by atoms with E-state index in [1.54, 1.807) is 0 Å². The average Bonchev–Trinajstić information content (AvgIpc) is 3.44. The van der Waals surface area contributed by atoms with Crippen molar-refractivity contribution >= 4 is 39.3 Å². The molecule has 6 rings (SSSR count). The molecule has 1 aliphatic carbocycles. The molecule has 0 bridgehead atoms. The Kier molecular flexibility index (Phi) is 7.05. The molecule has 212 valence electrons. The van der Waals surface area contributed by atoms with Gasteiger partial charge in [-0.05, 0) is 99.7 Å². The predicted octanol–water partition coefficient (Wildman–Crippen LogP) is 8.58. The Labute approximate surface area is 238 Å². The van der Waals surface area contributed by atoms with Gasteiger partial charge in [0, 0.05) is 67.2 Å². The molecule has 1 saturated heterocycles. The summed E-state index contributed by atoms with van der Waals surface area (Å²) >= 11 is 0. The molecule has 1 amide bonds. The Balaban J connectivity index is 1.21. The van der Waals surface area contributed by atoms with E-state index in [0.29, 0.717) is 11.8 Å². The molecule has 2 aliphatic rings. The van der Waals surface area contributed by atoms with Crippen molar-refractivity contribution in [3.05, 3.63) is 59.9 Å². The predicted molar refractivity (Wildman–Crippen MR) is 165 cm³/mol. The van der Waals surface area contributed by atoms with Gasteiger partial charge in [0.25, 0.3) is 0 Å². The maximum absolute atomic E-state index is 12.6. The molecule has 40 heavy (non-hydrogen) atoms. The molecule has 3 heterocycles. The van der Waals surface area contributed by atoms with Crippen LogP contribution in [-0.4, -0.2) is 38.8 Å². The summed E-state index contributed by atoms with van der Waals surface area (Å²) in [6, 6.07) is 13.5. The first-order chi connectivity index (χ1) is 19.2. The van der Waals surface area contributed by atoms with Gasteiger partial charge in [0.15, 0.2) is 0 Å². The standard InChI is InChI=1S/C34H44N4O2/c1-34(2,3)40-33(39)38-17-15-24(16-18-38)30-22-36(4)31-14-12-25(19-28(30)31)35-26-11-13-27-29(21-37(5)32(27)20-26)23-9-7-6-8-10-23/h11-14,19-24,35H,6-10,15-18H2,1-5H3. The minimum Gasteiger partial charge on any atom is -0.444 e. The fraction of sp³-hybridized carbons (Fsp3) is 0.500. The van der Waals surface area contributed by atoms with Crippen molar-refractivity contribution in [3.63, 3.8) is 0 Å². The fourth-order valence-electron chi connectivity index (χ4n) is 6.92. The summed E-state index contributed by atoms with van der Waals surface area (Å²) in [6.45, 7) is 7.23. The van der Waals surface area contributed by atoms with Gasteiger partial charge in [-0.3, -0.25) is 0 Å². The molecule has 1 N–H and O–H groups in total. The molecule has 1 saturated carbocycles. The van der Waals surface area contributed by atoms with Crippen molar-refractivity contribution in [3.8, 4) is 0 Å². The smallest absolute Gasteiger partial charge is 0.410 e. The van der Waals surface area contributed by atoms with Crippen LogP contribution < -0.4 is 5.32 Å². The summed E-state index contributed by atoms with van der Waals surface area (Å²) in [6.07, 6.45) is 13.1. The van der Waals surface area contributed by atoms with Gasteiger partial charge in [-0.25, -0.2) is 4.79 Å². The quantitative estimate of drug-likeness (QED) is 0.282. The largest absolute Gasteiger partial charge is 0.444 e. The van der Waals surface area contributed by atoms with E-state index in [1.165, 1.54) is 65.0 Å². The van der Waals surface area contributed by atoms with E-state index in [2.05, 4.69) is 77.3 Å². The first-order valence-corrected chi connectivity index (χ1v) is 15.1. The number of amides is 1. The van der Waals surface area contributed by atoms with Gasteiger partial charge in [-0.2, -0.15) is 0 Å². The summed E-state index contributed by atoms with van der Waals surface area (Å²) in [5.74, 6) is 1.13. The number of nitrogens with one attached hydrogen (secondary N) is 1. The second-order valence-corrected chi connectivity index (χ2v) is 13.1. The highest BCUT2D eigenvalue weighted by Crippen LogP contribution is 2.39. The minimum atomic E-state index is -0.463. The molecule has 0 unspecified atom stereocenters. The summed E-state index contributed by atoms with van der Waals surface area (Å²) < 4.78 is 10.1. The molecule has 1 aliphatic heterocycles. The van der Waals surface area contributed by atoms with Crippen LogP contribution in [0.3, 0.4) is 0 Å². The number of rotatable bonds is 4. The average molecular weight is 541 g/mol. The van der Waals surface area contributed by atoms with Gasteiger partial charge >= 0.3 is 6.09 Å². The highest BCUT2D eigenvalue weighted by atomic mass is 16.6. The van der Waals surface area contributed by atoms with Gasteiger partial charge in [-0.15, -0.1) is 0 Å². The Morgan fingerprint density at radius 3 is 2.08 bits per heavy atom. The number of anilines is 2. The van der Waals surface area contributed by atoms with Gasteiger partial charge in [0.05, 0.1) is 5.52 Å². The number of hydrogen-bond acceptors (Lipinski definition) is 3. The number of ether oxygens (including phenoxy) is 1. The van der Waals surface area contributed by atoms with E-state index in [-0.39, 0.29) is 6.09 Å². The first-order valence-electron chi connectivity index (χ1n) is 15.1. The SMILES string of the molecule is Cn1cc(C2CCCCC2)c2ccc(Nc3ccc4c(c3)c(C3CCN(C(=O)OC(C)(C)C)CC3)cn4C)cc21. The maximum Gasteiger partial charge on any atom is 0.410 e. The van der Waals surface area contributed by atoms with Gasteiger partial charge < -0.3 is 24.1 Å². The number of likely N-dealkylation sites (tertiary alicyclic amines) is 1. The number of hydrogen-bond donors (Lipinski definition) is 1. The number of aryl methyl sites for hydroxylation is 2. The van der Waals surface area contributed by atoms with Crippen LogP contribution in [0.25, 0.3) is 21.8 Å². The van der Waals surface area contributed by atoms with Gasteiger partial charge in [0.1, 0.15) is 5.60 Å². The second-order valence-electron chi connectivity index (χ2n) is 13.1. The third-order valence-corrected chi connectivity index (χ3v) is 8.96. The van der Waals surface area contributed by atoms with Crippen LogP contribution in [0.4, 0.5) is 16.2 Å². The molecule has 6 heteroatoms. The van der Waals surface area contributed by atoms with Crippen molar-refractivity contribution < 1.29 is 9.53 Å². The van der Waals surface area contributed by atoms with E-state index in [4.69, 9.17) is 4.74 Å². The fourth-order valence-corrected chi connectivity index (χ4v) is 6.92. The monoisotopic (exact) mass is 540 g/mol. The van der Waals surface area contributed by atoms with Crippen molar-refractivity contribution in [1.29, 1.82) is 0 Å².